The molecule has 4 nitrogen and oxygen atoms in total. The van der Waals surface area contributed by atoms with Gasteiger partial charge in [-0.05, 0) is 37.1 Å². The van der Waals surface area contributed by atoms with Gasteiger partial charge in [0.25, 0.3) is 0 Å². The SMILES string of the molecule is CCn1ncnc1CC(N)c1ccc(F)cc1C. The highest BCUT2D eigenvalue weighted by Crippen LogP contribution is 2.19. The Morgan fingerprint density at radius 2 is 2.22 bits per heavy atom. The van der Waals surface area contributed by atoms with Gasteiger partial charge in [-0.1, -0.05) is 6.07 Å². The maximum Gasteiger partial charge on any atom is 0.138 e. The lowest BCUT2D eigenvalue weighted by atomic mass is 9.99. The average molecular weight is 248 g/mol. The lowest BCUT2D eigenvalue weighted by Gasteiger charge is -2.14. The molecule has 2 rings (SSSR count). The molecule has 0 bridgehead atoms. The van der Waals surface area contributed by atoms with E-state index in [-0.39, 0.29) is 11.9 Å². The molecule has 5 heteroatoms. The molecule has 0 radical (unpaired) electrons. The molecule has 0 aliphatic heterocycles. The zero-order chi connectivity index (χ0) is 13.1. The predicted molar refractivity (Wildman–Crippen MR) is 67.5 cm³/mol. The van der Waals surface area contributed by atoms with E-state index in [1.807, 2.05) is 18.5 Å². The summed E-state index contributed by atoms with van der Waals surface area (Å²) in [6.45, 7) is 4.64. The average Bonchev–Trinajstić information content (AvgIpc) is 2.76. The van der Waals surface area contributed by atoms with Crippen molar-refractivity contribution in [3.05, 3.63) is 47.3 Å². The van der Waals surface area contributed by atoms with Crippen LogP contribution in [-0.2, 0) is 13.0 Å². The van der Waals surface area contributed by atoms with E-state index in [2.05, 4.69) is 10.1 Å². The third-order valence-electron chi connectivity index (χ3n) is 3.03. The van der Waals surface area contributed by atoms with Crippen molar-refractivity contribution < 1.29 is 4.39 Å². The third kappa shape index (κ3) is 2.56. The minimum atomic E-state index is -0.236. The summed E-state index contributed by atoms with van der Waals surface area (Å²) < 4.78 is 14.9. The Balaban J connectivity index is 2.19. The fourth-order valence-corrected chi connectivity index (χ4v) is 2.07. The smallest absolute Gasteiger partial charge is 0.138 e. The summed E-state index contributed by atoms with van der Waals surface area (Å²) in [5, 5.41) is 4.11. The molecule has 2 aromatic rings. The normalized spacial score (nSPS) is 12.7. The third-order valence-corrected chi connectivity index (χ3v) is 3.03. The number of rotatable bonds is 4. The molecule has 1 aromatic carbocycles. The number of hydrogen-bond acceptors (Lipinski definition) is 3. The first-order chi connectivity index (χ1) is 8.61. The number of aryl methyl sites for hydroxylation is 2. The van der Waals surface area contributed by atoms with Crippen LogP contribution in [-0.4, -0.2) is 14.8 Å². The fraction of sp³-hybridized carbons (Fsp3) is 0.385. The van der Waals surface area contributed by atoms with Crippen molar-refractivity contribution >= 4 is 0 Å². The summed E-state index contributed by atoms with van der Waals surface area (Å²) >= 11 is 0. The standard InChI is InChI=1S/C13H17FN4/c1-3-18-13(16-8-17-18)7-12(15)11-5-4-10(14)6-9(11)2/h4-6,8,12H,3,7,15H2,1-2H3. The summed E-state index contributed by atoms with van der Waals surface area (Å²) in [5.74, 6) is 0.619. The zero-order valence-corrected chi connectivity index (χ0v) is 10.6. The Kier molecular flexibility index (Phi) is 3.72. The first-order valence-corrected chi connectivity index (χ1v) is 6.00. The number of halogens is 1. The minimum Gasteiger partial charge on any atom is -0.324 e. The second-order valence-electron chi connectivity index (χ2n) is 4.30. The van der Waals surface area contributed by atoms with E-state index in [9.17, 15) is 4.39 Å². The summed E-state index contributed by atoms with van der Waals surface area (Å²) in [5.41, 5.74) is 7.97. The van der Waals surface area contributed by atoms with Gasteiger partial charge in [-0.3, -0.25) is 4.68 Å². The van der Waals surface area contributed by atoms with Gasteiger partial charge in [0.05, 0.1) is 0 Å². The van der Waals surface area contributed by atoms with Gasteiger partial charge in [-0.25, -0.2) is 9.37 Å². The molecule has 2 N–H and O–H groups in total. The van der Waals surface area contributed by atoms with E-state index in [1.165, 1.54) is 18.5 Å². The van der Waals surface area contributed by atoms with E-state index in [4.69, 9.17) is 5.73 Å². The van der Waals surface area contributed by atoms with Crippen molar-refractivity contribution in [2.45, 2.75) is 32.9 Å². The Morgan fingerprint density at radius 3 is 2.89 bits per heavy atom. The quantitative estimate of drug-likeness (QED) is 0.900. The van der Waals surface area contributed by atoms with E-state index in [0.29, 0.717) is 6.42 Å². The molecular weight excluding hydrogens is 231 g/mol. The molecule has 1 atom stereocenters. The Bertz CT molecular complexity index is 536. The highest BCUT2D eigenvalue weighted by molar-refractivity contribution is 5.29. The van der Waals surface area contributed by atoms with Crippen molar-refractivity contribution in [3.8, 4) is 0 Å². The highest BCUT2D eigenvalue weighted by atomic mass is 19.1. The van der Waals surface area contributed by atoms with Crippen molar-refractivity contribution in [3.63, 3.8) is 0 Å². The van der Waals surface area contributed by atoms with Gasteiger partial charge >= 0.3 is 0 Å². The van der Waals surface area contributed by atoms with Crippen LogP contribution in [0.15, 0.2) is 24.5 Å². The predicted octanol–water partition coefficient (Wildman–Crippen LogP) is 1.99. The largest absolute Gasteiger partial charge is 0.324 e. The molecular formula is C13H17FN4. The molecule has 0 aliphatic rings. The van der Waals surface area contributed by atoms with Crippen LogP contribution in [0.5, 0.6) is 0 Å². The first-order valence-electron chi connectivity index (χ1n) is 6.00. The molecule has 0 amide bonds. The Hall–Kier alpha value is -1.75. The van der Waals surface area contributed by atoms with E-state index in [1.54, 1.807) is 6.07 Å². The minimum absolute atomic E-state index is 0.194. The van der Waals surface area contributed by atoms with Crippen molar-refractivity contribution in [1.29, 1.82) is 0 Å². The van der Waals surface area contributed by atoms with Crippen molar-refractivity contribution in [2.75, 3.05) is 0 Å². The van der Waals surface area contributed by atoms with Gasteiger partial charge in [-0.2, -0.15) is 5.10 Å². The van der Waals surface area contributed by atoms with Gasteiger partial charge in [0.2, 0.25) is 0 Å². The van der Waals surface area contributed by atoms with Crippen molar-refractivity contribution in [1.82, 2.24) is 14.8 Å². The van der Waals surface area contributed by atoms with Gasteiger partial charge in [-0.15, -0.1) is 0 Å². The molecule has 96 valence electrons. The Morgan fingerprint density at radius 1 is 1.44 bits per heavy atom. The molecule has 1 aromatic heterocycles. The number of nitrogens with two attached hydrogens (primary N) is 1. The van der Waals surface area contributed by atoms with Gasteiger partial charge in [0.15, 0.2) is 0 Å². The van der Waals surface area contributed by atoms with Gasteiger partial charge in [0, 0.05) is 19.0 Å². The maximum absolute atomic E-state index is 13.0. The van der Waals surface area contributed by atoms with E-state index in [0.717, 1.165) is 23.5 Å². The van der Waals surface area contributed by atoms with E-state index >= 15 is 0 Å². The fourth-order valence-electron chi connectivity index (χ4n) is 2.07. The van der Waals surface area contributed by atoms with Crippen LogP contribution in [0.25, 0.3) is 0 Å². The van der Waals surface area contributed by atoms with Crippen LogP contribution in [0.3, 0.4) is 0 Å². The van der Waals surface area contributed by atoms with Crippen LogP contribution in [0.4, 0.5) is 4.39 Å². The van der Waals surface area contributed by atoms with Gasteiger partial charge in [0.1, 0.15) is 18.0 Å². The van der Waals surface area contributed by atoms with Crippen LogP contribution < -0.4 is 5.73 Å². The van der Waals surface area contributed by atoms with Crippen molar-refractivity contribution in [2.24, 2.45) is 5.73 Å². The lowest BCUT2D eigenvalue weighted by molar-refractivity contribution is 0.578. The second-order valence-corrected chi connectivity index (χ2v) is 4.30. The number of hydrogen-bond donors (Lipinski definition) is 1. The lowest BCUT2D eigenvalue weighted by Crippen LogP contribution is -2.18. The molecule has 0 saturated heterocycles. The Labute approximate surface area is 106 Å². The highest BCUT2D eigenvalue weighted by Gasteiger charge is 2.13. The first kappa shape index (κ1) is 12.7. The molecule has 0 saturated carbocycles. The van der Waals surface area contributed by atoms with Crippen LogP contribution in [0.1, 0.15) is 29.9 Å². The molecule has 1 unspecified atom stereocenters. The zero-order valence-electron chi connectivity index (χ0n) is 10.6. The molecule has 18 heavy (non-hydrogen) atoms. The molecule has 0 spiro atoms. The molecule has 1 heterocycles. The number of benzene rings is 1. The van der Waals surface area contributed by atoms with Crippen LogP contribution in [0, 0.1) is 12.7 Å². The monoisotopic (exact) mass is 248 g/mol. The van der Waals surface area contributed by atoms with Crippen LogP contribution in [0.2, 0.25) is 0 Å². The van der Waals surface area contributed by atoms with E-state index < -0.39 is 0 Å². The maximum atomic E-state index is 13.0. The summed E-state index contributed by atoms with van der Waals surface area (Å²) in [6, 6.07) is 4.48. The van der Waals surface area contributed by atoms with Crippen LogP contribution >= 0.6 is 0 Å². The number of aromatic nitrogens is 3. The summed E-state index contributed by atoms with van der Waals surface area (Å²) in [6.07, 6.45) is 2.13. The van der Waals surface area contributed by atoms with Gasteiger partial charge < -0.3 is 5.73 Å². The molecule has 0 aliphatic carbocycles. The second kappa shape index (κ2) is 5.27. The molecule has 0 fully saturated rings. The number of nitrogens with zero attached hydrogens (tertiary/aromatic N) is 3. The summed E-state index contributed by atoms with van der Waals surface area (Å²) in [7, 11) is 0. The summed E-state index contributed by atoms with van der Waals surface area (Å²) in [4.78, 5) is 4.20. The topological polar surface area (TPSA) is 56.7 Å².